The average molecular weight is 367 g/mol. The minimum absolute atomic E-state index is 0. The molecule has 0 aliphatic rings. The molecule has 4 nitrogen and oxygen atoms in total. The van der Waals surface area contributed by atoms with Crippen LogP contribution in [-0.2, 0) is 0 Å². The molecule has 0 radical (unpaired) electrons. The summed E-state index contributed by atoms with van der Waals surface area (Å²) in [5, 5.41) is 0. The van der Waals surface area contributed by atoms with Gasteiger partial charge in [-0.2, -0.15) is 0 Å². The van der Waals surface area contributed by atoms with E-state index in [0.717, 1.165) is 11.3 Å². The standard InChI is InChI=1S/C18H16F2N2O2.ClH/c1-23-14-7-3-12(4-8-14)18-21-16(17(19)20)11-22(18)13-5-9-15(24-2)10-6-13;/h3-11,17H,1-2H3;1H. The van der Waals surface area contributed by atoms with Crippen LogP contribution in [0, 0.1) is 0 Å². The molecule has 0 amide bonds. The number of imidazole rings is 1. The summed E-state index contributed by atoms with van der Waals surface area (Å²) in [6.07, 6.45) is -1.28. The Morgan fingerprint density at radius 2 is 1.40 bits per heavy atom. The molecule has 132 valence electrons. The van der Waals surface area contributed by atoms with E-state index in [0.29, 0.717) is 17.3 Å². The predicted octanol–water partition coefficient (Wildman–Crippen LogP) is 4.92. The van der Waals surface area contributed by atoms with Gasteiger partial charge in [-0.15, -0.1) is 12.4 Å². The lowest BCUT2D eigenvalue weighted by Crippen LogP contribution is -1.96. The third-order valence-electron chi connectivity index (χ3n) is 3.65. The Hall–Kier alpha value is -2.60. The Balaban J connectivity index is 0.00000225. The van der Waals surface area contributed by atoms with Crippen molar-refractivity contribution >= 4 is 12.4 Å². The fraction of sp³-hybridized carbons (Fsp3) is 0.167. The molecule has 25 heavy (non-hydrogen) atoms. The van der Waals surface area contributed by atoms with E-state index < -0.39 is 6.43 Å². The van der Waals surface area contributed by atoms with Crippen LogP contribution in [0.2, 0.25) is 0 Å². The Labute approximate surface area is 150 Å². The molecule has 0 N–H and O–H groups in total. The van der Waals surface area contributed by atoms with Crippen LogP contribution in [0.3, 0.4) is 0 Å². The van der Waals surface area contributed by atoms with Gasteiger partial charge < -0.3 is 9.47 Å². The van der Waals surface area contributed by atoms with Gasteiger partial charge >= 0.3 is 0 Å². The maximum absolute atomic E-state index is 13.1. The van der Waals surface area contributed by atoms with Gasteiger partial charge in [-0.05, 0) is 48.5 Å². The average Bonchev–Trinajstić information content (AvgIpc) is 3.07. The van der Waals surface area contributed by atoms with Crippen molar-refractivity contribution in [2.75, 3.05) is 14.2 Å². The Kier molecular flexibility index (Phi) is 5.98. The zero-order valence-electron chi connectivity index (χ0n) is 13.6. The number of hydrogen-bond donors (Lipinski definition) is 0. The summed E-state index contributed by atoms with van der Waals surface area (Å²) in [5.41, 5.74) is 1.18. The monoisotopic (exact) mass is 366 g/mol. The summed E-state index contributed by atoms with van der Waals surface area (Å²) in [4.78, 5) is 4.10. The van der Waals surface area contributed by atoms with Crippen LogP contribution in [0.5, 0.6) is 11.5 Å². The van der Waals surface area contributed by atoms with E-state index in [9.17, 15) is 8.78 Å². The molecule has 1 heterocycles. The van der Waals surface area contributed by atoms with Gasteiger partial charge in [0.2, 0.25) is 0 Å². The van der Waals surface area contributed by atoms with Crippen LogP contribution >= 0.6 is 12.4 Å². The lowest BCUT2D eigenvalue weighted by molar-refractivity contribution is 0.146. The molecule has 3 aromatic rings. The number of ether oxygens (including phenoxy) is 2. The number of aromatic nitrogens is 2. The number of rotatable bonds is 5. The van der Waals surface area contributed by atoms with Crippen LogP contribution in [-0.4, -0.2) is 23.8 Å². The third kappa shape index (κ3) is 3.91. The highest BCUT2D eigenvalue weighted by molar-refractivity contribution is 5.85. The topological polar surface area (TPSA) is 36.3 Å². The molecular weight excluding hydrogens is 350 g/mol. The molecule has 0 unspecified atom stereocenters. The van der Waals surface area contributed by atoms with Crippen LogP contribution in [0.25, 0.3) is 17.1 Å². The highest BCUT2D eigenvalue weighted by Gasteiger charge is 2.17. The molecular formula is C18H17ClF2N2O2. The van der Waals surface area contributed by atoms with Crippen molar-refractivity contribution < 1.29 is 18.3 Å². The zero-order chi connectivity index (χ0) is 17.1. The van der Waals surface area contributed by atoms with Gasteiger partial charge in [-0.1, -0.05) is 0 Å². The summed E-state index contributed by atoms with van der Waals surface area (Å²) >= 11 is 0. The summed E-state index contributed by atoms with van der Waals surface area (Å²) in [6.45, 7) is 0. The molecule has 0 saturated carbocycles. The number of hydrogen-bond acceptors (Lipinski definition) is 3. The first-order chi connectivity index (χ1) is 11.6. The summed E-state index contributed by atoms with van der Waals surface area (Å²) in [5.74, 6) is 1.83. The largest absolute Gasteiger partial charge is 0.497 e. The molecule has 7 heteroatoms. The minimum atomic E-state index is -2.64. The number of alkyl halides is 2. The first-order valence-electron chi connectivity index (χ1n) is 7.28. The van der Waals surface area contributed by atoms with E-state index in [1.54, 1.807) is 67.3 Å². The maximum atomic E-state index is 13.1. The van der Waals surface area contributed by atoms with Gasteiger partial charge in [0.05, 0.1) is 14.2 Å². The highest BCUT2D eigenvalue weighted by Crippen LogP contribution is 2.29. The van der Waals surface area contributed by atoms with Crippen molar-refractivity contribution in [1.82, 2.24) is 9.55 Å². The summed E-state index contributed by atoms with van der Waals surface area (Å²) in [6, 6.07) is 14.2. The first-order valence-corrected chi connectivity index (χ1v) is 7.28. The van der Waals surface area contributed by atoms with Crippen LogP contribution in [0.15, 0.2) is 54.7 Å². The molecule has 0 fully saturated rings. The number of halogens is 3. The van der Waals surface area contributed by atoms with Crippen LogP contribution in [0.4, 0.5) is 8.78 Å². The second-order valence-electron chi connectivity index (χ2n) is 5.09. The summed E-state index contributed by atoms with van der Waals surface area (Å²) < 4.78 is 38.1. The summed E-state index contributed by atoms with van der Waals surface area (Å²) in [7, 11) is 3.14. The van der Waals surface area contributed by atoms with E-state index in [-0.39, 0.29) is 18.1 Å². The van der Waals surface area contributed by atoms with Crippen LogP contribution in [0.1, 0.15) is 12.1 Å². The molecule has 0 aliphatic carbocycles. The first kappa shape index (κ1) is 18.7. The Morgan fingerprint density at radius 1 is 0.880 bits per heavy atom. The van der Waals surface area contributed by atoms with Crippen molar-refractivity contribution in [1.29, 1.82) is 0 Å². The predicted molar refractivity (Wildman–Crippen MR) is 94.3 cm³/mol. The van der Waals surface area contributed by atoms with E-state index in [2.05, 4.69) is 4.98 Å². The SMILES string of the molecule is COc1ccc(-c2nc(C(F)F)cn2-c2ccc(OC)cc2)cc1.Cl. The fourth-order valence-corrected chi connectivity index (χ4v) is 2.39. The zero-order valence-corrected chi connectivity index (χ0v) is 14.5. The Morgan fingerprint density at radius 3 is 1.88 bits per heavy atom. The maximum Gasteiger partial charge on any atom is 0.281 e. The molecule has 0 saturated heterocycles. The molecule has 3 rings (SSSR count). The number of methoxy groups -OCH3 is 2. The molecule has 2 aromatic carbocycles. The third-order valence-corrected chi connectivity index (χ3v) is 3.65. The van der Waals surface area contributed by atoms with Gasteiger partial charge in [0.15, 0.2) is 0 Å². The second kappa shape index (κ2) is 7.98. The van der Waals surface area contributed by atoms with Gasteiger partial charge in [-0.25, -0.2) is 13.8 Å². The van der Waals surface area contributed by atoms with Gasteiger partial charge in [0.25, 0.3) is 6.43 Å². The fourth-order valence-electron chi connectivity index (χ4n) is 2.39. The smallest absolute Gasteiger partial charge is 0.281 e. The van der Waals surface area contributed by atoms with Crippen LogP contribution < -0.4 is 9.47 Å². The van der Waals surface area contributed by atoms with Gasteiger partial charge in [0.1, 0.15) is 23.0 Å². The van der Waals surface area contributed by atoms with Crippen molar-refractivity contribution in [3.8, 4) is 28.6 Å². The minimum Gasteiger partial charge on any atom is -0.497 e. The van der Waals surface area contributed by atoms with Crippen molar-refractivity contribution in [3.05, 3.63) is 60.4 Å². The van der Waals surface area contributed by atoms with Crippen molar-refractivity contribution in [2.24, 2.45) is 0 Å². The van der Waals surface area contributed by atoms with E-state index in [1.165, 1.54) is 6.20 Å². The van der Waals surface area contributed by atoms with E-state index >= 15 is 0 Å². The lowest BCUT2D eigenvalue weighted by Gasteiger charge is -2.09. The molecule has 0 aliphatic heterocycles. The normalized spacial score (nSPS) is 10.4. The van der Waals surface area contributed by atoms with E-state index in [4.69, 9.17) is 9.47 Å². The number of benzene rings is 2. The highest BCUT2D eigenvalue weighted by atomic mass is 35.5. The molecule has 0 spiro atoms. The molecule has 1 aromatic heterocycles. The lowest BCUT2D eigenvalue weighted by atomic mass is 10.2. The number of nitrogens with zero attached hydrogens (tertiary/aromatic N) is 2. The van der Waals surface area contributed by atoms with Crippen molar-refractivity contribution in [2.45, 2.75) is 6.43 Å². The van der Waals surface area contributed by atoms with Crippen molar-refractivity contribution in [3.63, 3.8) is 0 Å². The second-order valence-corrected chi connectivity index (χ2v) is 5.09. The van der Waals surface area contributed by atoms with E-state index in [1.807, 2.05) is 0 Å². The molecule has 0 bridgehead atoms. The van der Waals surface area contributed by atoms with Gasteiger partial charge in [-0.3, -0.25) is 4.57 Å². The molecule has 0 atom stereocenters. The Bertz CT molecular complexity index is 753. The van der Waals surface area contributed by atoms with Gasteiger partial charge in [0, 0.05) is 17.4 Å². The quantitative estimate of drug-likeness (QED) is 0.643.